The van der Waals surface area contributed by atoms with Gasteiger partial charge in [0.1, 0.15) is 6.61 Å². The number of hydrogen-bond donors (Lipinski definition) is 0. The van der Waals surface area contributed by atoms with E-state index in [-0.39, 0.29) is 12.1 Å². The van der Waals surface area contributed by atoms with Crippen LogP contribution < -0.4 is 0 Å². The largest absolute Gasteiger partial charge is 0.520 e. The van der Waals surface area contributed by atoms with E-state index in [9.17, 15) is 4.79 Å². The van der Waals surface area contributed by atoms with Crippen LogP contribution in [0.3, 0.4) is 0 Å². The molecular formula is C28H53NO4Si2. The van der Waals surface area contributed by atoms with Crippen LogP contribution in [0, 0.1) is 0 Å². The molecule has 35 heavy (non-hydrogen) atoms. The maximum atomic E-state index is 11.9. The number of carbonyl (C=O) groups is 1. The molecule has 0 N–H and O–H groups in total. The second-order valence-electron chi connectivity index (χ2n) is 11.6. The molecule has 1 atom stereocenters. The van der Waals surface area contributed by atoms with Gasteiger partial charge < -0.3 is 13.7 Å². The van der Waals surface area contributed by atoms with E-state index in [0.29, 0.717) is 13.0 Å². The second kappa shape index (κ2) is 16.5. The monoisotopic (exact) mass is 523 g/mol. The predicted octanol–water partition coefficient (Wildman–Crippen LogP) is 8.54. The van der Waals surface area contributed by atoms with E-state index >= 15 is 0 Å². The van der Waals surface area contributed by atoms with Crippen LogP contribution in [0.15, 0.2) is 28.5 Å². The highest BCUT2D eigenvalue weighted by Gasteiger charge is 2.23. The van der Waals surface area contributed by atoms with E-state index in [1.165, 1.54) is 30.4 Å². The molecule has 0 heterocycles. The zero-order valence-electron chi connectivity index (χ0n) is 24.0. The third-order valence-electron chi connectivity index (χ3n) is 5.76. The summed E-state index contributed by atoms with van der Waals surface area (Å²) in [6.07, 6.45) is 17.3. The number of carbonyl (C=O) groups excluding carboxylic acids is 1. The molecular weight excluding hydrogens is 470 g/mol. The smallest absolute Gasteiger partial charge is 0.292 e. The fraction of sp³-hybridized carbons (Fsp3) is 0.786. The Morgan fingerprint density at radius 3 is 2.29 bits per heavy atom. The molecule has 0 fully saturated rings. The lowest BCUT2D eigenvalue weighted by Crippen LogP contribution is -2.31. The van der Waals surface area contributed by atoms with Crippen molar-refractivity contribution in [2.45, 2.75) is 136 Å². The zero-order chi connectivity index (χ0) is 26.3. The van der Waals surface area contributed by atoms with Crippen LogP contribution in [-0.4, -0.2) is 41.0 Å². The molecule has 1 unspecified atom stereocenters. The number of allylic oxidation sites excluding steroid dienone is 3. The lowest BCUT2D eigenvalue weighted by molar-refractivity contribution is -0.135. The standard InChI is InChI=1S/C28H53NO4Si2/c1-9-11-14-17-25(32-34(3,4)5)22-20-24-21-23-27(29-31-10-2)26(24)18-15-12-13-16-19-28(30)33-35(6,7)8/h20,22,25H,9-19,21,23H2,1-8H3/b22-20+,29-27+. The summed E-state index contributed by atoms with van der Waals surface area (Å²) in [4.78, 5) is 17.4. The van der Waals surface area contributed by atoms with Crippen molar-refractivity contribution in [1.29, 1.82) is 0 Å². The van der Waals surface area contributed by atoms with E-state index in [4.69, 9.17) is 13.7 Å². The summed E-state index contributed by atoms with van der Waals surface area (Å²) in [5.41, 5.74) is 3.86. The van der Waals surface area contributed by atoms with Gasteiger partial charge >= 0.3 is 0 Å². The van der Waals surface area contributed by atoms with E-state index in [2.05, 4.69) is 63.5 Å². The summed E-state index contributed by atoms with van der Waals surface area (Å²) >= 11 is 0. The van der Waals surface area contributed by atoms with Crippen molar-refractivity contribution >= 4 is 28.3 Å². The molecule has 0 aliphatic heterocycles. The summed E-state index contributed by atoms with van der Waals surface area (Å²) in [5, 5.41) is 4.44. The van der Waals surface area contributed by atoms with Crippen LogP contribution in [0.4, 0.5) is 0 Å². The SMILES string of the molecule is CCCCCC(/C=C/C1=C(CCCCCCC(=O)O[Si](C)(C)C)C(=N/OCC)/CC1)O[Si](C)(C)C. The van der Waals surface area contributed by atoms with Gasteiger partial charge in [0.15, 0.2) is 8.32 Å². The molecule has 1 aliphatic rings. The highest BCUT2D eigenvalue weighted by molar-refractivity contribution is 6.71. The fourth-order valence-electron chi connectivity index (χ4n) is 4.26. The summed E-state index contributed by atoms with van der Waals surface area (Å²) in [6, 6.07) is 0. The first-order valence-corrected chi connectivity index (χ1v) is 20.8. The van der Waals surface area contributed by atoms with Gasteiger partial charge in [0.05, 0.1) is 11.8 Å². The lowest BCUT2D eigenvalue weighted by atomic mass is 10.0. The van der Waals surface area contributed by atoms with Crippen molar-refractivity contribution in [2.75, 3.05) is 6.61 Å². The Morgan fingerprint density at radius 2 is 1.66 bits per heavy atom. The van der Waals surface area contributed by atoms with Gasteiger partial charge in [-0.25, -0.2) is 0 Å². The minimum absolute atomic E-state index is 0.0322. The van der Waals surface area contributed by atoms with Crippen molar-refractivity contribution in [2.24, 2.45) is 5.16 Å². The number of oxime groups is 1. The average molecular weight is 524 g/mol. The van der Waals surface area contributed by atoms with E-state index < -0.39 is 16.6 Å². The minimum atomic E-state index is -1.77. The van der Waals surface area contributed by atoms with Gasteiger partial charge in [-0.3, -0.25) is 4.79 Å². The number of nitrogens with zero attached hydrogens (tertiary/aromatic N) is 1. The van der Waals surface area contributed by atoms with Crippen LogP contribution in [0.5, 0.6) is 0 Å². The highest BCUT2D eigenvalue weighted by atomic mass is 28.4. The quantitative estimate of drug-likeness (QED) is 0.103. The Labute approximate surface area is 218 Å². The number of unbranched alkanes of at least 4 members (excludes halogenated alkanes) is 5. The Hall–Kier alpha value is -1.19. The van der Waals surface area contributed by atoms with Crippen LogP contribution >= 0.6 is 0 Å². The minimum Gasteiger partial charge on any atom is -0.520 e. The maximum absolute atomic E-state index is 11.9. The van der Waals surface area contributed by atoms with Gasteiger partial charge in [-0.2, -0.15) is 0 Å². The van der Waals surface area contributed by atoms with E-state index in [0.717, 1.165) is 57.1 Å². The zero-order valence-corrected chi connectivity index (χ0v) is 26.0. The normalized spacial score (nSPS) is 17.0. The molecule has 0 amide bonds. The van der Waals surface area contributed by atoms with Gasteiger partial charge in [-0.05, 0) is 95.9 Å². The third-order valence-corrected chi connectivity index (χ3v) is 7.61. The van der Waals surface area contributed by atoms with E-state index in [1.54, 1.807) is 0 Å². The molecule has 0 radical (unpaired) electrons. The van der Waals surface area contributed by atoms with Crippen LogP contribution in [-0.2, 0) is 18.5 Å². The third kappa shape index (κ3) is 15.5. The molecule has 1 rings (SSSR count). The first kappa shape index (κ1) is 31.8. The maximum Gasteiger partial charge on any atom is 0.292 e. The lowest BCUT2D eigenvalue weighted by Gasteiger charge is -2.24. The molecule has 0 spiro atoms. The molecule has 0 aromatic heterocycles. The molecule has 202 valence electrons. The first-order chi connectivity index (χ1) is 16.4. The van der Waals surface area contributed by atoms with Gasteiger partial charge in [0.25, 0.3) is 5.97 Å². The van der Waals surface area contributed by atoms with Crippen molar-refractivity contribution in [3.05, 3.63) is 23.3 Å². The number of rotatable bonds is 18. The molecule has 0 bridgehead atoms. The van der Waals surface area contributed by atoms with Crippen LogP contribution in [0.25, 0.3) is 0 Å². The molecule has 7 heteroatoms. The van der Waals surface area contributed by atoms with Gasteiger partial charge in [-0.15, -0.1) is 0 Å². The first-order valence-electron chi connectivity index (χ1n) is 13.9. The van der Waals surface area contributed by atoms with Gasteiger partial charge in [0, 0.05) is 6.42 Å². The summed E-state index contributed by atoms with van der Waals surface area (Å²) in [5.74, 6) is -0.0322. The molecule has 1 aliphatic carbocycles. The molecule has 0 saturated heterocycles. The Morgan fingerprint density at radius 1 is 0.943 bits per heavy atom. The van der Waals surface area contributed by atoms with Crippen LogP contribution in [0.1, 0.15) is 90.9 Å². The predicted molar refractivity (Wildman–Crippen MR) is 154 cm³/mol. The molecule has 5 nitrogen and oxygen atoms in total. The van der Waals surface area contributed by atoms with Crippen molar-refractivity contribution in [3.8, 4) is 0 Å². The van der Waals surface area contributed by atoms with Crippen LogP contribution in [0.2, 0.25) is 39.3 Å². The summed E-state index contributed by atoms with van der Waals surface area (Å²) in [6.45, 7) is 17.8. The summed E-state index contributed by atoms with van der Waals surface area (Å²) in [7, 11) is -3.38. The van der Waals surface area contributed by atoms with Crippen molar-refractivity contribution in [3.63, 3.8) is 0 Å². The fourth-order valence-corrected chi connectivity index (χ4v) is 6.15. The van der Waals surface area contributed by atoms with E-state index in [1.807, 2.05) is 6.92 Å². The Bertz CT molecular complexity index is 717. The molecule has 0 saturated carbocycles. The molecule has 0 aromatic rings. The number of hydrogen-bond acceptors (Lipinski definition) is 5. The Balaban J connectivity index is 2.74. The van der Waals surface area contributed by atoms with Gasteiger partial charge in [-0.1, -0.05) is 56.3 Å². The van der Waals surface area contributed by atoms with Crippen molar-refractivity contribution in [1.82, 2.24) is 0 Å². The van der Waals surface area contributed by atoms with Gasteiger partial charge in [0.2, 0.25) is 8.32 Å². The topological polar surface area (TPSA) is 57.1 Å². The van der Waals surface area contributed by atoms with Crippen molar-refractivity contribution < 1.29 is 18.5 Å². The average Bonchev–Trinajstić information content (AvgIpc) is 3.12. The Kier molecular flexibility index (Phi) is 15.0. The highest BCUT2D eigenvalue weighted by Crippen LogP contribution is 2.30. The second-order valence-corrected chi connectivity index (χ2v) is 20.5. The summed E-state index contributed by atoms with van der Waals surface area (Å²) < 4.78 is 12.0. The molecule has 0 aromatic carbocycles.